The molecule has 4 aliphatic carbocycles. The van der Waals surface area contributed by atoms with Crippen molar-refractivity contribution in [3.8, 4) is 5.69 Å². The number of hydrogen-bond donors (Lipinski definition) is 0. The van der Waals surface area contributed by atoms with Crippen molar-refractivity contribution in [3.05, 3.63) is 42.2 Å². The van der Waals surface area contributed by atoms with Crippen LogP contribution in [-0.4, -0.2) is 15.0 Å². The molecular weight excluding hydrogens is 258 g/mol. The van der Waals surface area contributed by atoms with Crippen LogP contribution in [-0.2, 0) is 5.41 Å². The van der Waals surface area contributed by atoms with Gasteiger partial charge in [-0.3, -0.25) is 0 Å². The van der Waals surface area contributed by atoms with Gasteiger partial charge in [0, 0.05) is 5.41 Å². The van der Waals surface area contributed by atoms with Gasteiger partial charge in [-0.1, -0.05) is 23.4 Å². The van der Waals surface area contributed by atoms with Gasteiger partial charge in [0.25, 0.3) is 0 Å². The summed E-state index contributed by atoms with van der Waals surface area (Å²) in [5.41, 5.74) is 2.88. The monoisotopic (exact) mass is 279 g/mol. The van der Waals surface area contributed by atoms with Crippen molar-refractivity contribution in [3.63, 3.8) is 0 Å². The molecule has 0 saturated heterocycles. The number of benzene rings is 1. The molecule has 1 aromatic carbocycles. The van der Waals surface area contributed by atoms with E-state index in [-0.39, 0.29) is 0 Å². The van der Waals surface area contributed by atoms with Crippen molar-refractivity contribution in [1.29, 1.82) is 0 Å². The zero-order valence-electron chi connectivity index (χ0n) is 12.3. The predicted molar refractivity (Wildman–Crippen MR) is 81.2 cm³/mol. The first-order valence-corrected chi connectivity index (χ1v) is 8.29. The van der Waals surface area contributed by atoms with Crippen molar-refractivity contribution in [1.82, 2.24) is 15.0 Å². The third kappa shape index (κ3) is 1.73. The summed E-state index contributed by atoms with van der Waals surface area (Å²) >= 11 is 0. The number of para-hydroxylation sites is 1. The zero-order valence-corrected chi connectivity index (χ0v) is 12.3. The maximum absolute atomic E-state index is 4.41. The van der Waals surface area contributed by atoms with E-state index in [1.165, 1.54) is 44.2 Å². The molecule has 0 atom stereocenters. The lowest BCUT2D eigenvalue weighted by molar-refractivity contribution is -0.00827. The summed E-state index contributed by atoms with van der Waals surface area (Å²) < 4.78 is 2.10. The number of aromatic nitrogens is 3. The summed E-state index contributed by atoms with van der Waals surface area (Å²) in [5.74, 6) is 2.86. The van der Waals surface area contributed by atoms with Gasteiger partial charge in [-0.25, -0.2) is 4.68 Å². The Kier molecular flexibility index (Phi) is 2.38. The van der Waals surface area contributed by atoms with Crippen LogP contribution >= 0.6 is 0 Å². The van der Waals surface area contributed by atoms with E-state index in [9.17, 15) is 0 Å². The van der Waals surface area contributed by atoms with E-state index in [0.717, 1.165) is 23.4 Å². The lowest BCUT2D eigenvalue weighted by Crippen LogP contribution is -2.49. The van der Waals surface area contributed by atoms with Crippen molar-refractivity contribution >= 4 is 0 Å². The second-order valence-corrected chi connectivity index (χ2v) is 7.56. The third-order valence-electron chi connectivity index (χ3n) is 6.13. The molecule has 21 heavy (non-hydrogen) atoms. The van der Waals surface area contributed by atoms with Gasteiger partial charge in [0.05, 0.1) is 17.6 Å². The molecule has 4 bridgehead atoms. The summed E-state index contributed by atoms with van der Waals surface area (Å²) in [7, 11) is 0. The maximum Gasteiger partial charge on any atom is 0.0735 e. The molecule has 2 aromatic rings. The van der Waals surface area contributed by atoms with Gasteiger partial charge in [0.1, 0.15) is 0 Å². The highest BCUT2D eigenvalue weighted by Crippen LogP contribution is 2.60. The zero-order chi connectivity index (χ0) is 13.9. The Balaban J connectivity index is 1.61. The number of rotatable bonds is 2. The minimum Gasteiger partial charge on any atom is -0.217 e. The second-order valence-electron chi connectivity index (χ2n) is 7.56. The third-order valence-corrected chi connectivity index (χ3v) is 6.13. The first-order chi connectivity index (χ1) is 10.3. The second kappa shape index (κ2) is 4.19. The molecule has 0 aliphatic heterocycles. The Bertz CT molecular complexity index is 623. The van der Waals surface area contributed by atoms with E-state index in [4.69, 9.17) is 0 Å². The van der Waals surface area contributed by atoms with Gasteiger partial charge in [-0.2, -0.15) is 0 Å². The average Bonchev–Trinajstić information content (AvgIpc) is 2.97. The van der Waals surface area contributed by atoms with Gasteiger partial charge < -0.3 is 0 Å². The van der Waals surface area contributed by atoms with Gasteiger partial charge in [0.2, 0.25) is 0 Å². The highest BCUT2D eigenvalue weighted by molar-refractivity contribution is 5.34. The van der Waals surface area contributed by atoms with E-state index in [1.54, 1.807) is 0 Å². The minimum atomic E-state index is 0.355. The van der Waals surface area contributed by atoms with E-state index in [1.807, 2.05) is 6.20 Å². The molecular formula is C18H21N3. The van der Waals surface area contributed by atoms with Crippen LogP contribution in [0.5, 0.6) is 0 Å². The maximum atomic E-state index is 4.41. The smallest absolute Gasteiger partial charge is 0.0735 e. The van der Waals surface area contributed by atoms with E-state index < -0.39 is 0 Å². The first kappa shape index (κ1) is 12.0. The fraction of sp³-hybridized carbons (Fsp3) is 0.556. The van der Waals surface area contributed by atoms with Crippen LogP contribution in [0, 0.1) is 17.8 Å². The van der Waals surface area contributed by atoms with Crippen LogP contribution in [0.15, 0.2) is 36.5 Å². The Labute approximate surface area is 125 Å². The van der Waals surface area contributed by atoms with Crippen molar-refractivity contribution in [2.45, 2.75) is 43.9 Å². The minimum absolute atomic E-state index is 0.355. The molecule has 3 heteroatoms. The van der Waals surface area contributed by atoms with E-state index in [0.29, 0.717) is 5.41 Å². The van der Waals surface area contributed by atoms with E-state index >= 15 is 0 Å². The first-order valence-electron chi connectivity index (χ1n) is 8.29. The molecule has 4 saturated carbocycles. The number of hydrogen-bond acceptors (Lipinski definition) is 2. The summed E-state index contributed by atoms with van der Waals surface area (Å²) in [6, 6.07) is 10.5. The summed E-state index contributed by atoms with van der Waals surface area (Å²) in [6.45, 7) is 0. The normalized spacial score (nSPS) is 37.0. The largest absolute Gasteiger partial charge is 0.217 e. The van der Waals surface area contributed by atoms with Crippen LogP contribution in [0.1, 0.15) is 44.2 Å². The highest BCUT2D eigenvalue weighted by atomic mass is 15.4. The molecule has 3 nitrogen and oxygen atoms in total. The molecule has 4 fully saturated rings. The van der Waals surface area contributed by atoms with Crippen LogP contribution in [0.2, 0.25) is 0 Å². The van der Waals surface area contributed by atoms with Gasteiger partial charge >= 0.3 is 0 Å². The standard InChI is InChI=1S/C18H21N3/c1-2-4-16(5-3-1)21-17(12-19-20-21)18-9-13-6-14(10-18)8-15(7-13)11-18/h1-5,12-15H,6-11H2. The van der Waals surface area contributed by atoms with Gasteiger partial charge in [-0.05, 0) is 68.4 Å². The SMILES string of the molecule is c1ccc(-n2nncc2C23CC4CC(CC(C4)C2)C3)cc1. The lowest BCUT2D eigenvalue weighted by atomic mass is 9.49. The van der Waals surface area contributed by atoms with Crippen LogP contribution in [0.25, 0.3) is 5.69 Å². The quantitative estimate of drug-likeness (QED) is 0.838. The van der Waals surface area contributed by atoms with Gasteiger partial charge in [-0.15, -0.1) is 5.10 Å². The Morgan fingerprint density at radius 1 is 0.905 bits per heavy atom. The molecule has 0 N–H and O–H groups in total. The topological polar surface area (TPSA) is 30.7 Å². The predicted octanol–water partition coefficient (Wildman–Crippen LogP) is 3.74. The van der Waals surface area contributed by atoms with Gasteiger partial charge in [0.15, 0.2) is 0 Å². The molecule has 0 amide bonds. The highest BCUT2D eigenvalue weighted by Gasteiger charge is 2.53. The molecule has 0 radical (unpaired) electrons. The fourth-order valence-electron chi connectivity index (χ4n) is 5.78. The summed E-state index contributed by atoms with van der Waals surface area (Å²) in [4.78, 5) is 0. The molecule has 0 spiro atoms. The molecule has 1 heterocycles. The Morgan fingerprint density at radius 2 is 1.52 bits per heavy atom. The lowest BCUT2D eigenvalue weighted by Gasteiger charge is -2.56. The van der Waals surface area contributed by atoms with Crippen LogP contribution in [0.3, 0.4) is 0 Å². The fourth-order valence-corrected chi connectivity index (χ4v) is 5.78. The molecule has 6 rings (SSSR count). The molecule has 1 aromatic heterocycles. The van der Waals surface area contributed by atoms with Crippen LogP contribution in [0.4, 0.5) is 0 Å². The molecule has 0 unspecified atom stereocenters. The van der Waals surface area contributed by atoms with Crippen molar-refractivity contribution in [2.75, 3.05) is 0 Å². The average molecular weight is 279 g/mol. The Morgan fingerprint density at radius 3 is 2.14 bits per heavy atom. The van der Waals surface area contributed by atoms with Crippen molar-refractivity contribution in [2.24, 2.45) is 17.8 Å². The molecule has 108 valence electrons. The summed E-state index contributed by atoms with van der Waals surface area (Å²) in [6.07, 6.45) is 10.6. The van der Waals surface area contributed by atoms with Crippen LogP contribution < -0.4 is 0 Å². The van der Waals surface area contributed by atoms with Crippen molar-refractivity contribution < 1.29 is 0 Å². The Hall–Kier alpha value is -1.64. The summed E-state index contributed by atoms with van der Waals surface area (Å²) in [5, 5.41) is 8.68. The van der Waals surface area contributed by atoms with E-state index in [2.05, 4.69) is 45.3 Å². The number of nitrogens with zero attached hydrogens (tertiary/aromatic N) is 3. The molecule has 4 aliphatic rings.